The Morgan fingerprint density at radius 2 is 0.789 bits per heavy atom. The van der Waals surface area contributed by atoms with Crippen LogP contribution in [0, 0.1) is 0 Å². The molecule has 0 atom stereocenters. The molecule has 0 unspecified atom stereocenters. The summed E-state index contributed by atoms with van der Waals surface area (Å²) in [7, 11) is -11.7. The average molecular weight is 954 g/mol. The van der Waals surface area contributed by atoms with Gasteiger partial charge in [0.2, 0.25) is 0 Å². The van der Waals surface area contributed by atoms with Crippen molar-refractivity contribution < 1.29 is 105 Å². The molecule has 38 heavy (non-hydrogen) atoms. The summed E-state index contributed by atoms with van der Waals surface area (Å²) in [6.07, 6.45) is 0. The molecule has 0 aliphatic heterocycles. The molecule has 6 nitrogen and oxygen atoms in total. The SMILES string of the molecule is O=S(=O)(O)C(F)(F)F.O=S(=O)(O)C(F)(F)F.[Hg][c]1ccc2ccccc2c1-c1[c]([Hg])ccc2ccccc12. The summed E-state index contributed by atoms with van der Waals surface area (Å²) in [5.74, 6) is 0. The number of hydrogen-bond acceptors (Lipinski definition) is 4. The molecular weight excluding hydrogens is 940 g/mol. The van der Waals surface area contributed by atoms with E-state index in [4.69, 9.17) is 25.9 Å². The van der Waals surface area contributed by atoms with Crippen LogP contribution in [0.1, 0.15) is 0 Å². The summed E-state index contributed by atoms with van der Waals surface area (Å²) >= 11 is 1.22. The topological polar surface area (TPSA) is 109 Å². The van der Waals surface area contributed by atoms with Crippen molar-refractivity contribution in [3.63, 3.8) is 0 Å². The molecule has 4 rings (SSSR count). The number of fused-ring (bicyclic) bond motifs is 2. The third kappa shape index (κ3) is 8.34. The van der Waals surface area contributed by atoms with E-state index in [2.05, 4.69) is 72.8 Å². The van der Waals surface area contributed by atoms with Gasteiger partial charge in [-0.05, 0) is 0 Å². The van der Waals surface area contributed by atoms with E-state index in [0.29, 0.717) is 52.2 Å². The van der Waals surface area contributed by atoms with Crippen LogP contribution in [0.25, 0.3) is 32.7 Å². The minimum atomic E-state index is -5.84. The van der Waals surface area contributed by atoms with Gasteiger partial charge in [-0.2, -0.15) is 43.2 Å². The number of rotatable bonds is 1. The molecule has 0 spiro atoms. The van der Waals surface area contributed by atoms with Crippen LogP contribution >= 0.6 is 0 Å². The molecule has 0 aromatic heterocycles. The maximum absolute atomic E-state index is 10.7. The molecule has 16 heteroatoms. The fourth-order valence-electron chi connectivity index (χ4n) is 3.22. The molecule has 0 radical (unpaired) electrons. The predicted molar refractivity (Wildman–Crippen MR) is 121 cm³/mol. The van der Waals surface area contributed by atoms with E-state index in [0.717, 1.165) is 0 Å². The van der Waals surface area contributed by atoms with Crippen LogP contribution in [0.3, 0.4) is 0 Å². The predicted octanol–water partition coefficient (Wildman–Crippen LogP) is 4.79. The van der Waals surface area contributed by atoms with Crippen LogP contribution in [-0.4, -0.2) is 37.0 Å². The average Bonchev–Trinajstić information content (AvgIpc) is 2.78. The molecule has 0 amide bonds. The quantitative estimate of drug-likeness (QED) is 0.123. The zero-order valence-corrected chi connectivity index (χ0v) is 31.6. The van der Waals surface area contributed by atoms with Crippen LogP contribution in [0.15, 0.2) is 72.8 Å². The Kier molecular flexibility index (Phi) is 10.8. The fourth-order valence-corrected chi connectivity index (χ4v) is 7.00. The summed E-state index contributed by atoms with van der Waals surface area (Å²) in [6.45, 7) is 0. The van der Waals surface area contributed by atoms with Gasteiger partial charge in [-0.3, -0.25) is 9.11 Å². The molecule has 0 fully saturated rings. The number of alkyl halides is 6. The van der Waals surface area contributed by atoms with E-state index in [1.165, 1.54) is 32.7 Å². The summed E-state index contributed by atoms with van der Waals surface area (Å²) in [5.41, 5.74) is -8.06. The molecule has 2 N–H and O–H groups in total. The minimum absolute atomic E-state index is 0.612. The fraction of sp³-hybridized carbons (Fsp3) is 0.0909. The van der Waals surface area contributed by atoms with Gasteiger partial charge in [0.25, 0.3) is 0 Å². The summed E-state index contributed by atoms with van der Waals surface area (Å²) in [5, 5.41) is 5.54. The van der Waals surface area contributed by atoms with Gasteiger partial charge >= 0.3 is 195 Å². The monoisotopic (exact) mass is 956 g/mol. The summed E-state index contributed by atoms with van der Waals surface area (Å²) in [6, 6.07) is 26.9. The first-order chi connectivity index (χ1) is 17.3. The number of benzene rings is 4. The van der Waals surface area contributed by atoms with Crippen LogP contribution in [0.4, 0.5) is 26.3 Å². The van der Waals surface area contributed by atoms with Gasteiger partial charge in [0, 0.05) is 0 Å². The van der Waals surface area contributed by atoms with Crippen molar-refractivity contribution in [2.45, 2.75) is 11.0 Å². The number of hydrogen-bond donors (Lipinski definition) is 2. The second-order valence-corrected chi connectivity index (χ2v) is 16.2. The Bertz CT molecular complexity index is 1550. The van der Waals surface area contributed by atoms with Gasteiger partial charge in [0.15, 0.2) is 0 Å². The summed E-state index contributed by atoms with van der Waals surface area (Å²) < 4.78 is 118. The molecule has 0 saturated heterocycles. The molecule has 196 valence electrons. The van der Waals surface area contributed by atoms with Gasteiger partial charge in [0.05, 0.1) is 0 Å². The molecule has 4 aromatic rings. The third-order valence-electron chi connectivity index (χ3n) is 4.87. The second kappa shape index (κ2) is 12.5. The molecule has 0 heterocycles. The van der Waals surface area contributed by atoms with E-state index in [1.54, 1.807) is 6.14 Å². The van der Waals surface area contributed by atoms with Gasteiger partial charge in [0.1, 0.15) is 0 Å². The van der Waals surface area contributed by atoms with Crippen LogP contribution in [-0.2, 0) is 72.5 Å². The Morgan fingerprint density at radius 1 is 0.526 bits per heavy atom. The van der Waals surface area contributed by atoms with Crippen LogP contribution in [0.5, 0.6) is 0 Å². The van der Waals surface area contributed by atoms with Crippen molar-refractivity contribution in [3.05, 3.63) is 72.8 Å². The third-order valence-corrected chi connectivity index (χ3v) is 10.6. The normalized spacial score (nSPS) is 12.4. The van der Waals surface area contributed by atoms with Crippen molar-refractivity contribution >= 4 is 47.9 Å². The van der Waals surface area contributed by atoms with Crippen molar-refractivity contribution in [3.8, 4) is 11.1 Å². The van der Waals surface area contributed by atoms with E-state index < -0.39 is 31.3 Å². The molecule has 0 bridgehead atoms. The Hall–Kier alpha value is -1.33. The van der Waals surface area contributed by atoms with E-state index >= 15 is 0 Å². The van der Waals surface area contributed by atoms with Crippen molar-refractivity contribution in [1.82, 2.24) is 0 Å². The van der Waals surface area contributed by atoms with Crippen molar-refractivity contribution in [2.24, 2.45) is 0 Å². The summed E-state index contributed by atoms with van der Waals surface area (Å²) in [4.78, 5) is 0. The zero-order chi connectivity index (χ0) is 29.1. The van der Waals surface area contributed by atoms with E-state index in [9.17, 15) is 26.3 Å². The Morgan fingerprint density at radius 3 is 1.05 bits per heavy atom. The first-order valence-corrected chi connectivity index (χ1v) is 18.4. The van der Waals surface area contributed by atoms with Gasteiger partial charge < -0.3 is 0 Å². The van der Waals surface area contributed by atoms with Gasteiger partial charge in [-0.15, -0.1) is 0 Å². The molecular formula is C22H14F6Hg2O6S2. The standard InChI is InChI=1S/C20H12.2CHF3O3S.2Hg/c1-3-11-17-15(7-1)9-5-13-19(17)20-14-6-10-16-8-2-4-12-18(16)20;2*2-1(3,4)8(5,6)7;;/h1-12H;2*(H,5,6,7);;. The molecule has 0 aliphatic carbocycles. The van der Waals surface area contributed by atoms with Gasteiger partial charge in [-0.1, -0.05) is 0 Å². The van der Waals surface area contributed by atoms with Crippen molar-refractivity contribution in [2.75, 3.05) is 0 Å². The molecule has 0 saturated carbocycles. The van der Waals surface area contributed by atoms with Crippen molar-refractivity contribution in [1.29, 1.82) is 0 Å². The van der Waals surface area contributed by atoms with Crippen LogP contribution in [0.2, 0.25) is 0 Å². The van der Waals surface area contributed by atoms with Gasteiger partial charge in [-0.25, -0.2) is 0 Å². The number of halogens is 6. The Balaban J connectivity index is 0.000000264. The first kappa shape index (κ1) is 32.9. The maximum atomic E-state index is 10.7. The second-order valence-electron chi connectivity index (χ2n) is 7.48. The van der Waals surface area contributed by atoms with E-state index in [1.807, 2.05) is 0 Å². The Labute approximate surface area is 245 Å². The van der Waals surface area contributed by atoms with Crippen LogP contribution < -0.4 is 6.14 Å². The molecule has 0 aliphatic rings. The van der Waals surface area contributed by atoms with E-state index in [-0.39, 0.29) is 0 Å². The zero-order valence-electron chi connectivity index (χ0n) is 19.0. The molecule has 4 aromatic carbocycles. The first-order valence-electron chi connectivity index (χ1n) is 10.0.